The van der Waals surface area contributed by atoms with Crippen molar-refractivity contribution in [3.8, 4) is 0 Å². The van der Waals surface area contributed by atoms with E-state index in [0.717, 1.165) is 16.5 Å². The van der Waals surface area contributed by atoms with E-state index in [9.17, 15) is 0 Å². The Hall–Kier alpha value is -0.220. The van der Waals surface area contributed by atoms with Crippen LogP contribution in [0.1, 0.15) is 11.8 Å². The number of hydrogen-bond donors (Lipinski definition) is 1. The van der Waals surface area contributed by atoms with Gasteiger partial charge in [0.2, 0.25) is 0 Å². The monoisotopic (exact) mass is 271 g/mol. The van der Waals surface area contributed by atoms with Gasteiger partial charge < -0.3 is 5.73 Å². The van der Waals surface area contributed by atoms with Crippen molar-refractivity contribution in [2.45, 2.75) is 18.7 Å². The highest BCUT2D eigenvalue weighted by atomic mass is 35.5. The molecule has 1 atom stereocenters. The van der Waals surface area contributed by atoms with Gasteiger partial charge in [0.25, 0.3) is 0 Å². The third-order valence-corrected chi connectivity index (χ3v) is 5.37. The topological polar surface area (TPSA) is 26.0 Å². The first-order chi connectivity index (χ1) is 7.68. The van der Waals surface area contributed by atoms with Crippen molar-refractivity contribution >= 4 is 44.8 Å². The van der Waals surface area contributed by atoms with E-state index in [2.05, 4.69) is 12.1 Å². The molecule has 86 valence electrons. The predicted octanol–water partition coefficient (Wildman–Crippen LogP) is 4.14. The molecule has 16 heavy (non-hydrogen) atoms. The molecule has 2 N–H and O–H groups in total. The highest BCUT2D eigenvalue weighted by Crippen LogP contribution is 2.37. The summed E-state index contributed by atoms with van der Waals surface area (Å²) in [4.78, 5) is 1.26. The smallest absolute Gasteiger partial charge is 0.0632 e. The van der Waals surface area contributed by atoms with Crippen LogP contribution in [0.3, 0.4) is 0 Å². The zero-order chi connectivity index (χ0) is 11.5. The summed E-state index contributed by atoms with van der Waals surface area (Å²) in [5.74, 6) is 1.93. The molecule has 4 heteroatoms. The lowest BCUT2D eigenvalue weighted by Crippen LogP contribution is -2.17. The largest absolute Gasteiger partial charge is 0.327 e. The van der Waals surface area contributed by atoms with E-state index >= 15 is 0 Å². The van der Waals surface area contributed by atoms with Crippen LogP contribution in [0.15, 0.2) is 24.3 Å². The van der Waals surface area contributed by atoms with Gasteiger partial charge in [-0.15, -0.1) is 11.3 Å². The average Bonchev–Trinajstić information content (AvgIpc) is 2.56. The van der Waals surface area contributed by atoms with Crippen molar-refractivity contribution in [3.05, 3.63) is 34.2 Å². The molecule has 1 aromatic heterocycles. The van der Waals surface area contributed by atoms with Crippen LogP contribution in [0.4, 0.5) is 0 Å². The maximum atomic E-state index is 6.34. The van der Waals surface area contributed by atoms with Gasteiger partial charge in [-0.3, -0.25) is 0 Å². The molecule has 0 amide bonds. The molecule has 1 heterocycles. The minimum absolute atomic E-state index is 0.248. The number of halogens is 1. The number of benzene rings is 1. The Morgan fingerprint density at radius 1 is 1.44 bits per heavy atom. The third kappa shape index (κ3) is 2.72. The molecule has 1 aromatic carbocycles. The van der Waals surface area contributed by atoms with Gasteiger partial charge in [0.05, 0.1) is 5.02 Å². The highest BCUT2D eigenvalue weighted by molar-refractivity contribution is 7.98. The molecule has 2 rings (SSSR count). The van der Waals surface area contributed by atoms with Crippen LogP contribution in [-0.4, -0.2) is 11.8 Å². The molecule has 2 aromatic rings. The highest BCUT2D eigenvalue weighted by Gasteiger charge is 2.09. The van der Waals surface area contributed by atoms with E-state index in [1.54, 1.807) is 11.3 Å². The number of rotatable bonds is 4. The van der Waals surface area contributed by atoms with Gasteiger partial charge in [-0.1, -0.05) is 29.8 Å². The zero-order valence-corrected chi connectivity index (χ0v) is 11.5. The van der Waals surface area contributed by atoms with Crippen molar-refractivity contribution in [2.24, 2.45) is 5.73 Å². The molecule has 0 bridgehead atoms. The number of thioether (sulfide) groups is 1. The molecule has 0 spiro atoms. The summed E-state index contributed by atoms with van der Waals surface area (Å²) in [7, 11) is 0. The quantitative estimate of drug-likeness (QED) is 0.905. The van der Waals surface area contributed by atoms with Crippen LogP contribution in [0.25, 0.3) is 10.1 Å². The van der Waals surface area contributed by atoms with Gasteiger partial charge in [-0.2, -0.15) is 11.8 Å². The first-order valence-electron chi connectivity index (χ1n) is 5.17. The molecule has 1 nitrogen and oxygen atoms in total. The normalized spacial score (nSPS) is 13.2. The van der Waals surface area contributed by atoms with Crippen LogP contribution in [0.5, 0.6) is 0 Å². The van der Waals surface area contributed by atoms with E-state index in [0.29, 0.717) is 0 Å². The summed E-state index contributed by atoms with van der Waals surface area (Å²) in [6.07, 6.45) is 0. The summed E-state index contributed by atoms with van der Waals surface area (Å²) in [5, 5.41) is 2.09. The molecule has 0 aliphatic carbocycles. The van der Waals surface area contributed by atoms with Crippen LogP contribution in [0, 0.1) is 0 Å². The number of thiophene rings is 1. The third-order valence-electron chi connectivity index (χ3n) is 2.22. The van der Waals surface area contributed by atoms with Crippen LogP contribution in [-0.2, 0) is 5.75 Å². The molecular weight excluding hydrogens is 258 g/mol. The molecule has 0 saturated carbocycles. The predicted molar refractivity (Wildman–Crippen MR) is 76.6 cm³/mol. The lowest BCUT2D eigenvalue weighted by molar-refractivity contribution is 0.847. The lowest BCUT2D eigenvalue weighted by atomic mass is 10.2. The van der Waals surface area contributed by atoms with Crippen molar-refractivity contribution in [1.29, 1.82) is 0 Å². The van der Waals surface area contributed by atoms with E-state index in [4.69, 9.17) is 17.3 Å². The van der Waals surface area contributed by atoms with Gasteiger partial charge in [0.1, 0.15) is 0 Å². The number of nitrogens with two attached hydrogens (primary N) is 1. The van der Waals surface area contributed by atoms with Crippen molar-refractivity contribution in [2.75, 3.05) is 5.75 Å². The van der Waals surface area contributed by atoms with E-state index in [-0.39, 0.29) is 6.04 Å². The fourth-order valence-electron chi connectivity index (χ4n) is 1.50. The molecule has 0 fully saturated rings. The number of hydrogen-bond acceptors (Lipinski definition) is 3. The Morgan fingerprint density at radius 3 is 2.88 bits per heavy atom. The maximum absolute atomic E-state index is 6.34. The summed E-state index contributed by atoms with van der Waals surface area (Å²) in [6.45, 7) is 2.03. The second kappa shape index (κ2) is 5.41. The Kier molecular flexibility index (Phi) is 4.14. The maximum Gasteiger partial charge on any atom is 0.0632 e. The first kappa shape index (κ1) is 12.2. The van der Waals surface area contributed by atoms with Crippen molar-refractivity contribution in [3.63, 3.8) is 0 Å². The summed E-state index contributed by atoms with van der Waals surface area (Å²) >= 11 is 9.97. The Labute approximate surface area is 109 Å². The minimum atomic E-state index is 0.248. The molecule has 0 saturated heterocycles. The fourth-order valence-corrected chi connectivity index (χ4v) is 4.17. The van der Waals surface area contributed by atoms with E-state index in [1.165, 1.54) is 15.0 Å². The van der Waals surface area contributed by atoms with Crippen molar-refractivity contribution < 1.29 is 0 Å². The van der Waals surface area contributed by atoms with Crippen LogP contribution < -0.4 is 5.73 Å². The molecule has 0 aliphatic heterocycles. The Morgan fingerprint density at radius 2 is 2.19 bits per heavy atom. The SMILES string of the molecule is CC(N)CSCc1sc2ccccc2c1Cl. The second-order valence-corrected chi connectivity index (χ2v) is 6.37. The molecule has 0 aliphatic rings. The summed E-state index contributed by atoms with van der Waals surface area (Å²) in [5.41, 5.74) is 5.72. The summed E-state index contributed by atoms with van der Waals surface area (Å²) < 4.78 is 1.27. The van der Waals surface area contributed by atoms with Crippen LogP contribution in [0.2, 0.25) is 5.02 Å². The second-order valence-electron chi connectivity index (χ2n) is 3.83. The summed E-state index contributed by atoms with van der Waals surface area (Å²) in [6, 6.07) is 8.52. The van der Waals surface area contributed by atoms with Crippen molar-refractivity contribution in [1.82, 2.24) is 0 Å². The van der Waals surface area contributed by atoms with E-state index < -0.39 is 0 Å². The van der Waals surface area contributed by atoms with Gasteiger partial charge in [-0.25, -0.2) is 0 Å². The number of fused-ring (bicyclic) bond motifs is 1. The first-order valence-corrected chi connectivity index (χ1v) is 7.52. The standard InChI is InChI=1S/C12H14ClNS2/c1-8(14)6-15-7-11-12(13)9-4-2-3-5-10(9)16-11/h2-5,8H,6-7,14H2,1H3. The van der Waals surface area contributed by atoms with Crippen LogP contribution >= 0.6 is 34.7 Å². The van der Waals surface area contributed by atoms with Gasteiger partial charge in [-0.05, 0) is 13.0 Å². The Bertz CT molecular complexity index is 479. The molecule has 1 unspecified atom stereocenters. The fraction of sp³-hybridized carbons (Fsp3) is 0.333. The van der Waals surface area contributed by atoms with Gasteiger partial charge >= 0.3 is 0 Å². The lowest BCUT2D eigenvalue weighted by Gasteiger charge is -2.03. The van der Waals surface area contributed by atoms with Gasteiger partial charge in [0, 0.05) is 32.5 Å². The molecule has 0 radical (unpaired) electrons. The van der Waals surface area contributed by atoms with Gasteiger partial charge in [0.15, 0.2) is 0 Å². The Balaban J connectivity index is 2.15. The van der Waals surface area contributed by atoms with E-state index in [1.807, 2.05) is 30.8 Å². The molecular formula is C12H14ClNS2. The average molecular weight is 272 g/mol. The zero-order valence-electron chi connectivity index (χ0n) is 9.07. The minimum Gasteiger partial charge on any atom is -0.327 e.